The molecular formula is C72H66N6O6. The van der Waals surface area contributed by atoms with Crippen LogP contribution in [0.2, 0.25) is 0 Å². The molecule has 8 bridgehead atoms. The van der Waals surface area contributed by atoms with Crippen LogP contribution in [0, 0.1) is 0 Å². The predicted molar refractivity (Wildman–Crippen MR) is 330 cm³/mol. The molecule has 0 atom stereocenters. The first kappa shape index (κ1) is 53.9. The van der Waals surface area contributed by atoms with Gasteiger partial charge in [0.25, 0.3) is 0 Å². The highest BCUT2D eigenvalue weighted by Gasteiger charge is 2.21. The highest BCUT2D eigenvalue weighted by molar-refractivity contribution is 6.03. The Morgan fingerprint density at radius 2 is 0.679 bits per heavy atom. The van der Waals surface area contributed by atoms with Gasteiger partial charge in [0.2, 0.25) is 0 Å². The van der Waals surface area contributed by atoms with Crippen LogP contribution < -0.4 is 9.47 Å². The summed E-state index contributed by atoms with van der Waals surface area (Å²) in [5.41, 5.74) is 11.0. The van der Waals surface area contributed by atoms with Crippen LogP contribution in [0.15, 0.2) is 194 Å². The third-order valence-corrected chi connectivity index (χ3v) is 16.3. The molecule has 0 amide bonds. The minimum absolute atomic E-state index is 0.263. The van der Waals surface area contributed by atoms with Crippen molar-refractivity contribution in [2.75, 3.05) is 13.2 Å². The highest BCUT2D eigenvalue weighted by atomic mass is 16.5. The minimum atomic E-state index is 0.263. The largest absolute Gasteiger partial charge is 0.507 e. The SMILES string of the molecule is Oc1c2cccc1Cc1cccc(c1OCCCCn1cc(COCc3c4ccccc4cc4ccccc34)nn1)Cc1cccc(c1O)Cc1cccc(c1OCCCCn1cc(COCc3c4ccccc4cc4ccccc34)nn1)C2. The number of fused-ring (bicyclic) bond motifs is 12. The molecule has 0 aliphatic heterocycles. The lowest BCUT2D eigenvalue weighted by molar-refractivity contribution is 0.106. The summed E-state index contributed by atoms with van der Waals surface area (Å²) < 4.78 is 29.8. The number of unbranched alkanes of at least 4 members (excludes halogenated alkanes) is 2. The van der Waals surface area contributed by atoms with Crippen LogP contribution in [0.1, 0.15) is 92.7 Å². The van der Waals surface area contributed by atoms with E-state index < -0.39 is 0 Å². The zero-order valence-electron chi connectivity index (χ0n) is 47.0. The van der Waals surface area contributed by atoms with Gasteiger partial charge in [0.1, 0.15) is 34.4 Å². The van der Waals surface area contributed by atoms with Crippen LogP contribution in [-0.4, -0.2) is 53.4 Å². The Morgan fingerprint density at radius 1 is 0.357 bits per heavy atom. The Balaban J connectivity index is 0.642. The first-order chi connectivity index (χ1) is 41.5. The molecule has 12 heteroatoms. The van der Waals surface area contributed by atoms with Gasteiger partial charge in [0.15, 0.2) is 0 Å². The topological polar surface area (TPSA) is 139 Å². The maximum absolute atomic E-state index is 12.1. The van der Waals surface area contributed by atoms with E-state index >= 15 is 0 Å². The molecule has 0 spiro atoms. The van der Waals surface area contributed by atoms with Crippen molar-refractivity contribution in [1.29, 1.82) is 0 Å². The number of phenols is 2. The molecule has 2 aromatic heterocycles. The maximum atomic E-state index is 12.1. The molecule has 12 aromatic rings. The van der Waals surface area contributed by atoms with Gasteiger partial charge >= 0.3 is 0 Å². The molecule has 2 N–H and O–H groups in total. The molecule has 0 saturated heterocycles. The average Bonchev–Trinajstić information content (AvgIpc) is 4.33. The van der Waals surface area contributed by atoms with Crippen molar-refractivity contribution in [1.82, 2.24) is 30.0 Å². The van der Waals surface area contributed by atoms with Gasteiger partial charge in [-0.2, -0.15) is 0 Å². The number of nitrogens with zero attached hydrogens (tertiary/aromatic N) is 6. The second kappa shape index (κ2) is 25.0. The number of hydrogen-bond donors (Lipinski definition) is 2. The molecule has 0 saturated carbocycles. The van der Waals surface area contributed by atoms with E-state index in [9.17, 15) is 10.2 Å². The Hall–Kier alpha value is -9.36. The van der Waals surface area contributed by atoms with Crippen LogP contribution in [0.5, 0.6) is 23.0 Å². The smallest absolute Gasteiger partial charge is 0.126 e. The minimum Gasteiger partial charge on any atom is -0.507 e. The fraction of sp³-hybridized carbons (Fsp3) is 0.222. The lowest BCUT2D eigenvalue weighted by Gasteiger charge is -2.20. The number of para-hydroxylation sites is 4. The van der Waals surface area contributed by atoms with Crippen LogP contribution in [0.3, 0.4) is 0 Å². The number of aromatic nitrogens is 6. The molecule has 1 aliphatic rings. The van der Waals surface area contributed by atoms with Gasteiger partial charge in [-0.1, -0.05) is 180 Å². The Bertz CT molecular complexity index is 3840. The van der Waals surface area contributed by atoms with Crippen molar-refractivity contribution in [3.63, 3.8) is 0 Å². The van der Waals surface area contributed by atoms with Crippen LogP contribution >= 0.6 is 0 Å². The van der Waals surface area contributed by atoms with Crippen LogP contribution in [-0.2, 0) is 74.7 Å². The molecule has 0 unspecified atom stereocenters. The summed E-state index contributed by atoms with van der Waals surface area (Å²) in [7, 11) is 0. The lowest BCUT2D eigenvalue weighted by atomic mass is 9.91. The molecular weight excluding hydrogens is 1040 g/mol. The fourth-order valence-corrected chi connectivity index (χ4v) is 12.1. The van der Waals surface area contributed by atoms with Crippen molar-refractivity contribution in [2.45, 2.75) is 90.9 Å². The number of benzene rings is 10. The zero-order valence-corrected chi connectivity index (χ0v) is 47.0. The van der Waals surface area contributed by atoms with E-state index in [-0.39, 0.29) is 11.5 Å². The predicted octanol–water partition coefficient (Wildman–Crippen LogP) is 14.7. The van der Waals surface area contributed by atoms with Crippen molar-refractivity contribution in [3.05, 3.63) is 261 Å². The van der Waals surface area contributed by atoms with Crippen molar-refractivity contribution >= 4 is 43.1 Å². The van der Waals surface area contributed by atoms with Crippen molar-refractivity contribution < 1.29 is 29.2 Å². The number of aromatic hydroxyl groups is 2. The second-order valence-electron chi connectivity index (χ2n) is 22.0. The van der Waals surface area contributed by atoms with E-state index in [0.29, 0.717) is 78.4 Å². The summed E-state index contributed by atoms with van der Waals surface area (Å²) in [4.78, 5) is 0. The third kappa shape index (κ3) is 11.9. The first-order valence-corrected chi connectivity index (χ1v) is 29.2. The molecule has 12 nitrogen and oxygen atoms in total. The van der Waals surface area contributed by atoms with Gasteiger partial charge in [0, 0.05) is 38.8 Å². The molecule has 84 heavy (non-hydrogen) atoms. The van der Waals surface area contributed by atoms with E-state index in [0.717, 1.165) is 93.1 Å². The summed E-state index contributed by atoms with van der Waals surface area (Å²) in [6.07, 6.45) is 8.98. The maximum Gasteiger partial charge on any atom is 0.126 e. The van der Waals surface area contributed by atoms with E-state index in [1.165, 1.54) is 54.2 Å². The van der Waals surface area contributed by atoms with Crippen molar-refractivity contribution in [2.24, 2.45) is 0 Å². The molecule has 10 aromatic carbocycles. The number of rotatable bonds is 20. The zero-order chi connectivity index (χ0) is 56.6. The van der Waals surface area contributed by atoms with Gasteiger partial charge in [-0.15, -0.1) is 10.2 Å². The van der Waals surface area contributed by atoms with E-state index in [4.69, 9.17) is 18.9 Å². The number of aryl methyl sites for hydroxylation is 2. The molecule has 1 aliphatic carbocycles. The average molecular weight is 1110 g/mol. The van der Waals surface area contributed by atoms with Crippen LogP contribution in [0.4, 0.5) is 0 Å². The number of hydrogen-bond acceptors (Lipinski definition) is 10. The Morgan fingerprint density at radius 3 is 1.02 bits per heavy atom. The van der Waals surface area contributed by atoms with E-state index in [1.54, 1.807) is 0 Å². The lowest BCUT2D eigenvalue weighted by Crippen LogP contribution is -2.08. The highest BCUT2D eigenvalue weighted by Crippen LogP contribution is 2.39. The Labute approximate surface area is 488 Å². The van der Waals surface area contributed by atoms with Gasteiger partial charge in [-0.3, -0.25) is 9.36 Å². The summed E-state index contributed by atoms with van der Waals surface area (Å²) in [5, 5.41) is 51.4. The molecule has 13 rings (SSSR count). The molecule has 0 radical (unpaired) electrons. The van der Waals surface area contributed by atoms with E-state index in [1.807, 2.05) is 70.3 Å². The third-order valence-electron chi connectivity index (χ3n) is 16.3. The summed E-state index contributed by atoms with van der Waals surface area (Å²) >= 11 is 0. The number of ether oxygens (including phenoxy) is 4. The van der Waals surface area contributed by atoms with Gasteiger partial charge in [-0.25, -0.2) is 0 Å². The quantitative estimate of drug-likeness (QED) is 0.0560. The van der Waals surface area contributed by atoms with E-state index in [2.05, 4.69) is 154 Å². The first-order valence-electron chi connectivity index (χ1n) is 29.2. The molecule has 2 heterocycles. The van der Waals surface area contributed by atoms with Crippen LogP contribution in [0.25, 0.3) is 43.1 Å². The second-order valence-corrected chi connectivity index (χ2v) is 22.0. The Kier molecular flexibility index (Phi) is 16.1. The van der Waals surface area contributed by atoms with Gasteiger partial charge in [0.05, 0.1) is 52.0 Å². The van der Waals surface area contributed by atoms with Gasteiger partial charge in [-0.05, 0) is 137 Å². The summed E-state index contributed by atoms with van der Waals surface area (Å²) in [6.45, 7) is 3.98. The van der Waals surface area contributed by atoms with Gasteiger partial charge < -0.3 is 29.2 Å². The van der Waals surface area contributed by atoms with Crippen molar-refractivity contribution in [3.8, 4) is 23.0 Å². The summed E-state index contributed by atoms with van der Waals surface area (Å²) in [5.74, 6) is 2.08. The summed E-state index contributed by atoms with van der Waals surface area (Å²) in [6, 6.07) is 62.7. The standard InChI is InChI=1S/C72H66N6O6/c79-69-53-21-13-23-55(69)41-59-27-16-28-60(72(59)84-36-12-10-34-78-44-62(74-76-78)46-82-48-68-65-31-7-3-19-51(65)38-52-20-4-8-32-66(52)68)42-56-24-14-22-54(70(56)80)40-58-26-15-25-57(39-53)71(58)83-35-11-9-33-77-43-61(73-75-77)45-81-47-67-63-29-5-1-17-49(63)37-50-18-2-6-30-64(50)67/h1-8,13-32,37-38,43-44,79-80H,9-12,33-36,39-42,45-48H2. The molecule has 0 fully saturated rings. The monoisotopic (exact) mass is 1110 g/mol. The number of phenolic OH excluding ortho intramolecular Hbond substituents is 2. The molecule has 420 valence electrons. The normalized spacial score (nSPS) is 12.4. The fourth-order valence-electron chi connectivity index (χ4n) is 12.1.